The van der Waals surface area contributed by atoms with Gasteiger partial charge in [-0.15, -0.1) is 11.3 Å². The lowest BCUT2D eigenvalue weighted by Crippen LogP contribution is -2.68. The normalized spacial score (nSPS) is 19.8. The van der Waals surface area contributed by atoms with Crippen LogP contribution < -0.4 is 32.4 Å². The van der Waals surface area contributed by atoms with Crippen molar-refractivity contribution in [2.24, 2.45) is 5.73 Å². The zero-order valence-electron chi connectivity index (χ0n) is 21.3. The van der Waals surface area contributed by atoms with Crippen LogP contribution in [0.5, 0.6) is 0 Å². The first-order valence-corrected chi connectivity index (χ1v) is 14.6. The number of hydrogen-bond acceptors (Lipinski definition) is 11. The van der Waals surface area contributed by atoms with Crippen LogP contribution in [-0.4, -0.2) is 53.7 Å². The fourth-order valence-electron chi connectivity index (χ4n) is 5.14. The van der Waals surface area contributed by atoms with Gasteiger partial charge in [-0.05, 0) is 30.4 Å². The largest absolute Gasteiger partial charge is 0.459 e. The second kappa shape index (κ2) is 10.9. The molecule has 11 nitrogen and oxygen atoms in total. The van der Waals surface area contributed by atoms with Gasteiger partial charge in [0.1, 0.15) is 12.3 Å². The van der Waals surface area contributed by atoms with Gasteiger partial charge in [-0.25, -0.2) is 4.98 Å². The number of carbonyl (C=O) groups excluding carboxylic acids is 1. The first kappa shape index (κ1) is 25.7. The fraction of sp³-hybridized carbons (Fsp3) is 0.385. The number of nitrogens with two attached hydrogens (primary N) is 1. The van der Waals surface area contributed by atoms with Crippen LogP contribution in [0.25, 0.3) is 20.7 Å². The number of fused-ring (bicyclic) bond motifs is 1. The van der Waals surface area contributed by atoms with E-state index in [9.17, 15) is 9.59 Å². The van der Waals surface area contributed by atoms with Crippen LogP contribution in [0.3, 0.4) is 0 Å². The molecule has 1 amide bonds. The number of ether oxygens (including phenoxy) is 1. The van der Waals surface area contributed by atoms with Crippen molar-refractivity contribution in [2.45, 2.75) is 37.8 Å². The first-order chi connectivity index (χ1) is 19.0. The Morgan fingerprint density at radius 2 is 1.97 bits per heavy atom. The Bertz CT molecular complexity index is 1560. The van der Waals surface area contributed by atoms with Crippen molar-refractivity contribution >= 4 is 61.1 Å². The highest BCUT2D eigenvalue weighted by Gasteiger charge is 2.26. The lowest BCUT2D eigenvalue weighted by molar-refractivity contribution is -0.427. The molecule has 2 atom stereocenters. The van der Waals surface area contributed by atoms with E-state index in [0.717, 1.165) is 58.2 Å². The molecule has 7 N–H and O–H groups in total. The van der Waals surface area contributed by atoms with Crippen molar-refractivity contribution in [1.82, 2.24) is 9.36 Å². The average molecular weight is 569 g/mol. The van der Waals surface area contributed by atoms with Gasteiger partial charge in [0.25, 0.3) is 5.91 Å². The van der Waals surface area contributed by atoms with Crippen LogP contribution >= 0.6 is 22.9 Å². The number of rotatable bonds is 7. The predicted octanol–water partition coefficient (Wildman–Crippen LogP) is 3.02. The number of hydrogen-bond donors (Lipinski definition) is 4. The summed E-state index contributed by atoms with van der Waals surface area (Å²) in [6, 6.07) is 4.02. The molecule has 0 spiro atoms. The number of morpholine rings is 1. The second-order valence-electron chi connectivity index (χ2n) is 9.83. The third-order valence-corrected chi connectivity index (χ3v) is 9.25. The van der Waals surface area contributed by atoms with Crippen molar-refractivity contribution in [3.05, 3.63) is 46.7 Å². The lowest BCUT2D eigenvalue weighted by atomic mass is 9.91. The van der Waals surface area contributed by atoms with E-state index in [-0.39, 0.29) is 17.2 Å². The van der Waals surface area contributed by atoms with E-state index in [4.69, 9.17) is 14.9 Å². The molecule has 0 radical (unpaired) electrons. The Labute approximate surface area is 232 Å². The smallest absolute Gasteiger partial charge is 0.269 e. The van der Waals surface area contributed by atoms with E-state index in [0.29, 0.717) is 36.2 Å². The number of aromatic nitrogens is 2. The molecule has 13 heteroatoms. The maximum Gasteiger partial charge on any atom is 0.269 e. The molecule has 204 valence electrons. The van der Waals surface area contributed by atoms with E-state index in [1.807, 2.05) is 6.07 Å². The minimum atomic E-state index is -0.636. The fourth-order valence-corrected chi connectivity index (χ4v) is 7.11. The Morgan fingerprint density at radius 3 is 2.77 bits per heavy atom. The van der Waals surface area contributed by atoms with Gasteiger partial charge in [0.05, 0.1) is 68.9 Å². The van der Waals surface area contributed by atoms with E-state index in [1.54, 1.807) is 24.7 Å². The molecule has 39 heavy (non-hydrogen) atoms. The summed E-state index contributed by atoms with van der Waals surface area (Å²) in [7, 11) is 0. The minimum absolute atomic E-state index is 0.129. The van der Waals surface area contributed by atoms with Gasteiger partial charge >= 0.3 is 0 Å². The van der Waals surface area contributed by atoms with Crippen LogP contribution in [0.1, 0.15) is 36.2 Å². The SMILES string of the molecule is NC(=O)c1ncc(N[C@H]2CCCC[C@H]2[NH3+])cc1Nc1cnsc1-c1coc2c(=O)cc(N3CCOCC3)sc12. The van der Waals surface area contributed by atoms with Crippen LogP contribution in [0.2, 0.25) is 0 Å². The summed E-state index contributed by atoms with van der Waals surface area (Å²) in [5.41, 5.74) is 12.9. The molecule has 2 fully saturated rings. The third-order valence-electron chi connectivity index (χ3n) is 7.22. The number of nitrogens with zero attached hydrogens (tertiary/aromatic N) is 3. The number of anilines is 4. The minimum Gasteiger partial charge on any atom is -0.459 e. The van der Waals surface area contributed by atoms with Gasteiger partial charge in [-0.3, -0.25) is 9.59 Å². The molecule has 5 heterocycles. The number of pyridine rings is 1. The van der Waals surface area contributed by atoms with Crippen LogP contribution in [0.15, 0.2) is 40.0 Å². The van der Waals surface area contributed by atoms with Crippen LogP contribution in [-0.2, 0) is 4.74 Å². The maximum atomic E-state index is 12.9. The van der Waals surface area contributed by atoms with Gasteiger partial charge in [-0.1, -0.05) is 6.42 Å². The number of primary amides is 1. The number of amides is 1. The van der Waals surface area contributed by atoms with E-state index >= 15 is 0 Å². The molecule has 1 aliphatic carbocycles. The van der Waals surface area contributed by atoms with Crippen molar-refractivity contribution in [3.63, 3.8) is 0 Å². The third kappa shape index (κ3) is 5.22. The Hall–Kier alpha value is -3.52. The monoisotopic (exact) mass is 568 g/mol. The molecule has 6 rings (SSSR count). The molecule has 0 unspecified atom stereocenters. The Balaban J connectivity index is 1.34. The molecule has 0 aromatic carbocycles. The summed E-state index contributed by atoms with van der Waals surface area (Å²) in [5, 5.41) is 7.74. The Morgan fingerprint density at radius 1 is 1.15 bits per heavy atom. The second-order valence-corrected chi connectivity index (χ2v) is 11.7. The average Bonchev–Trinajstić information content (AvgIpc) is 3.57. The van der Waals surface area contributed by atoms with Crippen LogP contribution in [0, 0.1) is 0 Å². The molecule has 0 bridgehead atoms. The van der Waals surface area contributed by atoms with Crippen molar-refractivity contribution < 1.29 is 19.7 Å². The molecule has 1 saturated carbocycles. The molecule has 2 aliphatic rings. The first-order valence-electron chi connectivity index (χ1n) is 13.0. The summed E-state index contributed by atoms with van der Waals surface area (Å²) < 4.78 is 16.3. The van der Waals surface area contributed by atoms with Gasteiger partial charge in [0.15, 0.2) is 11.3 Å². The summed E-state index contributed by atoms with van der Waals surface area (Å²) in [6.45, 7) is 2.71. The highest BCUT2D eigenvalue weighted by atomic mass is 32.1. The van der Waals surface area contributed by atoms with E-state index in [2.05, 4.69) is 30.6 Å². The maximum absolute atomic E-state index is 12.9. The summed E-state index contributed by atoms with van der Waals surface area (Å²) in [6.07, 6.45) is 9.38. The van der Waals surface area contributed by atoms with E-state index < -0.39 is 5.91 Å². The number of furan rings is 1. The zero-order valence-corrected chi connectivity index (χ0v) is 22.9. The van der Waals surface area contributed by atoms with Gasteiger partial charge in [0.2, 0.25) is 5.43 Å². The molecule has 1 saturated heterocycles. The predicted molar refractivity (Wildman–Crippen MR) is 153 cm³/mol. The molecular formula is C26H30N7O4S2+. The van der Waals surface area contributed by atoms with Crippen LogP contribution in [0.4, 0.5) is 22.1 Å². The molecule has 4 aromatic rings. The lowest BCUT2D eigenvalue weighted by Gasteiger charge is -2.27. The standard InChI is InChI=1S/C26H29N7O4S2/c27-16-3-1-2-4-17(16)31-14-9-18(22(26(28)35)29-11-14)32-19-12-30-39-24(19)15-13-37-23-20(34)10-21(38-25(15)23)33-5-7-36-8-6-33/h9-13,16-17,31-32H,1-8,27H2,(H2,28,35)/p+1/t16-,17+/m1/s1. The van der Waals surface area contributed by atoms with Gasteiger partial charge < -0.3 is 36.2 Å². The zero-order chi connectivity index (χ0) is 26.9. The topological polar surface area (TPSA) is 163 Å². The van der Waals surface area contributed by atoms with E-state index in [1.165, 1.54) is 29.3 Å². The van der Waals surface area contributed by atoms with Crippen molar-refractivity contribution in [1.29, 1.82) is 0 Å². The highest BCUT2D eigenvalue weighted by Crippen LogP contribution is 2.42. The van der Waals surface area contributed by atoms with Crippen molar-refractivity contribution in [3.8, 4) is 10.4 Å². The van der Waals surface area contributed by atoms with Gasteiger partial charge in [-0.2, -0.15) is 4.37 Å². The number of quaternary nitrogens is 1. The summed E-state index contributed by atoms with van der Waals surface area (Å²) >= 11 is 2.78. The molecular weight excluding hydrogens is 538 g/mol. The van der Waals surface area contributed by atoms with Crippen molar-refractivity contribution in [2.75, 3.05) is 41.8 Å². The number of nitrogens with one attached hydrogen (secondary N) is 2. The highest BCUT2D eigenvalue weighted by molar-refractivity contribution is 7.23. The molecule has 4 aromatic heterocycles. The quantitative estimate of drug-likeness (QED) is 0.262. The Kier molecular flexibility index (Phi) is 7.21. The number of carbonyl (C=O) groups is 1. The summed E-state index contributed by atoms with van der Waals surface area (Å²) in [4.78, 5) is 32.4. The summed E-state index contributed by atoms with van der Waals surface area (Å²) in [5.74, 6) is -0.636. The molecule has 1 aliphatic heterocycles. The van der Waals surface area contributed by atoms with Gasteiger partial charge in [0, 0.05) is 25.6 Å².